The number of nitrogens with zero attached hydrogens (tertiary/aromatic N) is 2. The van der Waals surface area contributed by atoms with Gasteiger partial charge in [-0.05, 0) is 24.3 Å². The first kappa shape index (κ1) is 9.78. The molecule has 1 aromatic carbocycles. The lowest BCUT2D eigenvalue weighted by Crippen LogP contribution is -2.34. The Morgan fingerprint density at radius 2 is 2.07 bits per heavy atom. The summed E-state index contributed by atoms with van der Waals surface area (Å²) < 4.78 is 1.70. The van der Waals surface area contributed by atoms with Gasteiger partial charge in [0.15, 0.2) is 0 Å². The Kier molecular flexibility index (Phi) is 2.23. The summed E-state index contributed by atoms with van der Waals surface area (Å²) in [5.41, 5.74) is 1.85. The first-order valence-corrected chi connectivity index (χ1v) is 4.49. The molecule has 0 saturated carbocycles. The molecule has 0 bridgehead atoms. The predicted molar refractivity (Wildman–Crippen MR) is 57.5 cm³/mol. The van der Waals surface area contributed by atoms with Crippen molar-refractivity contribution in [2.24, 2.45) is 7.05 Å². The second-order valence-electron chi connectivity index (χ2n) is 3.39. The SMILES string of the molecule is Cn1c(B(O)O)cc2cc(C#N)ccc21. The second-order valence-corrected chi connectivity index (χ2v) is 3.39. The number of aryl methyl sites for hydroxylation is 1. The number of aromatic nitrogens is 1. The van der Waals surface area contributed by atoms with Gasteiger partial charge in [0.05, 0.1) is 11.6 Å². The Morgan fingerprint density at radius 3 is 2.67 bits per heavy atom. The minimum atomic E-state index is -1.49. The van der Waals surface area contributed by atoms with Crippen molar-refractivity contribution in [1.82, 2.24) is 4.57 Å². The molecule has 0 aliphatic heterocycles. The standard InChI is InChI=1S/C10H9BN2O2/c1-13-9-3-2-7(6-12)4-8(9)5-10(13)11(14)15/h2-5,14-15H,1H3. The third kappa shape index (κ3) is 1.50. The van der Waals surface area contributed by atoms with E-state index in [1.807, 2.05) is 6.07 Å². The van der Waals surface area contributed by atoms with Gasteiger partial charge >= 0.3 is 7.12 Å². The summed E-state index contributed by atoms with van der Waals surface area (Å²) in [7, 11) is 0.260. The van der Waals surface area contributed by atoms with Crippen LogP contribution in [0.1, 0.15) is 5.56 Å². The molecule has 1 heterocycles. The summed E-state index contributed by atoms with van der Waals surface area (Å²) in [4.78, 5) is 0. The first-order chi connectivity index (χ1) is 7.13. The van der Waals surface area contributed by atoms with Gasteiger partial charge in [-0.3, -0.25) is 0 Å². The molecule has 2 rings (SSSR count). The van der Waals surface area contributed by atoms with Gasteiger partial charge in [0.2, 0.25) is 0 Å². The highest BCUT2D eigenvalue weighted by Gasteiger charge is 2.17. The fourth-order valence-electron chi connectivity index (χ4n) is 1.69. The molecule has 0 amide bonds. The van der Waals surface area contributed by atoms with Gasteiger partial charge in [0.1, 0.15) is 0 Å². The van der Waals surface area contributed by atoms with Gasteiger partial charge in [-0.25, -0.2) is 0 Å². The lowest BCUT2D eigenvalue weighted by atomic mass is 9.86. The van der Waals surface area contributed by atoms with Crippen LogP contribution in [0.25, 0.3) is 10.9 Å². The van der Waals surface area contributed by atoms with Gasteiger partial charge in [0.25, 0.3) is 0 Å². The van der Waals surface area contributed by atoms with Crippen molar-refractivity contribution in [3.8, 4) is 6.07 Å². The van der Waals surface area contributed by atoms with Crippen LogP contribution < -0.4 is 5.59 Å². The van der Waals surface area contributed by atoms with Crippen LogP contribution in [0.15, 0.2) is 24.3 Å². The topological polar surface area (TPSA) is 69.2 Å². The normalized spacial score (nSPS) is 10.3. The molecular formula is C10H9BN2O2. The highest BCUT2D eigenvalue weighted by Crippen LogP contribution is 2.15. The molecule has 0 aliphatic rings. The average Bonchev–Trinajstić information content (AvgIpc) is 2.55. The molecule has 0 aliphatic carbocycles. The number of hydrogen-bond acceptors (Lipinski definition) is 3. The zero-order valence-corrected chi connectivity index (χ0v) is 8.18. The highest BCUT2D eigenvalue weighted by molar-refractivity contribution is 6.58. The molecule has 0 radical (unpaired) electrons. The molecule has 0 unspecified atom stereocenters. The molecule has 74 valence electrons. The van der Waals surface area contributed by atoms with Crippen LogP contribution in [0.2, 0.25) is 0 Å². The summed E-state index contributed by atoms with van der Waals surface area (Å²) >= 11 is 0. The molecule has 2 N–H and O–H groups in total. The van der Waals surface area contributed by atoms with Crippen LogP contribution in [0, 0.1) is 11.3 Å². The minimum Gasteiger partial charge on any atom is -0.422 e. The number of hydrogen-bond donors (Lipinski definition) is 2. The number of nitriles is 1. The van der Waals surface area contributed by atoms with E-state index in [1.165, 1.54) is 0 Å². The van der Waals surface area contributed by atoms with Crippen molar-refractivity contribution in [1.29, 1.82) is 5.26 Å². The largest absolute Gasteiger partial charge is 0.505 e. The van der Waals surface area contributed by atoms with E-state index in [9.17, 15) is 0 Å². The van der Waals surface area contributed by atoms with E-state index in [0.717, 1.165) is 10.9 Å². The summed E-state index contributed by atoms with van der Waals surface area (Å²) in [6.45, 7) is 0. The predicted octanol–water partition coefficient (Wildman–Crippen LogP) is -0.270. The van der Waals surface area contributed by atoms with Gasteiger partial charge in [-0.1, -0.05) is 0 Å². The minimum absolute atomic E-state index is 0.417. The molecule has 0 saturated heterocycles. The average molecular weight is 200 g/mol. The van der Waals surface area contributed by atoms with E-state index < -0.39 is 7.12 Å². The van der Waals surface area contributed by atoms with Gasteiger partial charge in [-0.2, -0.15) is 5.26 Å². The van der Waals surface area contributed by atoms with Crippen molar-refractivity contribution < 1.29 is 10.0 Å². The van der Waals surface area contributed by atoms with E-state index in [1.54, 1.807) is 35.9 Å². The molecule has 15 heavy (non-hydrogen) atoms. The highest BCUT2D eigenvalue weighted by atomic mass is 16.4. The Balaban J connectivity index is 2.72. The van der Waals surface area contributed by atoms with E-state index in [2.05, 4.69) is 0 Å². The fraction of sp³-hybridized carbons (Fsp3) is 0.100. The fourth-order valence-corrected chi connectivity index (χ4v) is 1.69. The summed E-state index contributed by atoms with van der Waals surface area (Å²) in [6, 6.07) is 8.93. The summed E-state index contributed by atoms with van der Waals surface area (Å²) in [5, 5.41) is 27.8. The third-order valence-electron chi connectivity index (χ3n) is 2.47. The monoisotopic (exact) mass is 200 g/mol. The van der Waals surface area contributed by atoms with E-state index >= 15 is 0 Å². The molecule has 0 fully saturated rings. The van der Waals surface area contributed by atoms with Gasteiger partial charge < -0.3 is 14.6 Å². The molecule has 1 aromatic heterocycles. The molecule has 0 spiro atoms. The van der Waals surface area contributed by atoms with Crippen molar-refractivity contribution in [3.63, 3.8) is 0 Å². The zero-order chi connectivity index (χ0) is 11.0. The van der Waals surface area contributed by atoms with Crippen LogP contribution in [0.3, 0.4) is 0 Å². The van der Waals surface area contributed by atoms with Crippen LogP contribution >= 0.6 is 0 Å². The van der Waals surface area contributed by atoms with E-state index in [0.29, 0.717) is 11.2 Å². The van der Waals surface area contributed by atoms with Crippen molar-refractivity contribution in [2.75, 3.05) is 0 Å². The van der Waals surface area contributed by atoms with E-state index in [-0.39, 0.29) is 0 Å². The Hall–Kier alpha value is -1.77. The maximum absolute atomic E-state index is 9.10. The van der Waals surface area contributed by atoms with Crippen LogP contribution in [-0.2, 0) is 7.05 Å². The molecule has 5 heteroatoms. The third-order valence-corrected chi connectivity index (χ3v) is 2.47. The van der Waals surface area contributed by atoms with Gasteiger partial charge in [0, 0.05) is 23.5 Å². The Labute approximate surface area is 87.1 Å². The number of fused-ring (bicyclic) bond motifs is 1. The summed E-state index contributed by atoms with van der Waals surface area (Å²) in [6.07, 6.45) is 0. The number of benzene rings is 1. The lowest BCUT2D eigenvalue weighted by Gasteiger charge is -2.01. The van der Waals surface area contributed by atoms with Crippen LogP contribution in [0.4, 0.5) is 0 Å². The first-order valence-electron chi connectivity index (χ1n) is 4.49. The van der Waals surface area contributed by atoms with Crippen LogP contribution in [0.5, 0.6) is 0 Å². The van der Waals surface area contributed by atoms with Crippen LogP contribution in [-0.4, -0.2) is 21.7 Å². The second kappa shape index (κ2) is 3.42. The van der Waals surface area contributed by atoms with Gasteiger partial charge in [-0.15, -0.1) is 0 Å². The maximum Gasteiger partial charge on any atom is 0.505 e. The van der Waals surface area contributed by atoms with Crippen molar-refractivity contribution >= 4 is 23.6 Å². The Bertz CT molecular complexity index is 554. The zero-order valence-electron chi connectivity index (χ0n) is 8.18. The van der Waals surface area contributed by atoms with E-state index in [4.69, 9.17) is 15.3 Å². The lowest BCUT2D eigenvalue weighted by molar-refractivity contribution is 0.423. The quantitative estimate of drug-likeness (QED) is 0.622. The maximum atomic E-state index is 9.10. The molecule has 0 atom stereocenters. The van der Waals surface area contributed by atoms with Crippen molar-refractivity contribution in [2.45, 2.75) is 0 Å². The number of rotatable bonds is 1. The smallest absolute Gasteiger partial charge is 0.422 e. The molecular weight excluding hydrogens is 191 g/mol. The molecule has 4 nitrogen and oxygen atoms in total. The summed E-state index contributed by atoms with van der Waals surface area (Å²) in [5.74, 6) is 0. The van der Waals surface area contributed by atoms with Crippen molar-refractivity contribution in [3.05, 3.63) is 29.8 Å². The molecule has 2 aromatic rings. The Morgan fingerprint density at radius 1 is 1.33 bits per heavy atom.